The molecular weight excluding hydrogens is 390 g/mol. The van der Waals surface area contributed by atoms with Gasteiger partial charge in [0.1, 0.15) is 23.3 Å². The number of carbonyl (C=O) groups excluding carboxylic acids is 1. The lowest BCUT2D eigenvalue weighted by atomic mass is 9.99. The molecule has 0 spiro atoms. The van der Waals surface area contributed by atoms with Crippen LogP contribution in [0.3, 0.4) is 0 Å². The van der Waals surface area contributed by atoms with E-state index in [-0.39, 0.29) is 22.4 Å². The molecule has 0 aliphatic rings. The molecule has 5 heteroatoms. The van der Waals surface area contributed by atoms with Crippen LogP contribution in [0.25, 0.3) is 11.0 Å². The first kappa shape index (κ1) is 20.4. The zero-order chi connectivity index (χ0) is 21.6. The van der Waals surface area contributed by atoms with Crippen molar-refractivity contribution in [2.24, 2.45) is 0 Å². The van der Waals surface area contributed by atoms with E-state index in [1.807, 2.05) is 6.07 Å². The van der Waals surface area contributed by atoms with Crippen LogP contribution in [0.4, 0.5) is 5.69 Å². The number of ether oxygens (including phenoxy) is 1. The summed E-state index contributed by atoms with van der Waals surface area (Å²) in [7, 11) is 0. The minimum absolute atomic E-state index is 0.0243. The summed E-state index contributed by atoms with van der Waals surface area (Å²) in [6, 6.07) is 22.3. The van der Waals surface area contributed by atoms with E-state index in [0.717, 1.165) is 19.3 Å². The van der Waals surface area contributed by atoms with Crippen LogP contribution in [-0.4, -0.2) is 12.4 Å². The van der Waals surface area contributed by atoms with Gasteiger partial charge in [0.25, 0.3) is 0 Å². The van der Waals surface area contributed by atoms with Crippen LogP contribution in [0.2, 0.25) is 0 Å². The molecule has 0 aliphatic heterocycles. The summed E-state index contributed by atoms with van der Waals surface area (Å²) in [6.07, 6.45) is 4.22. The maximum atomic E-state index is 13.0. The Morgan fingerprint density at radius 1 is 0.903 bits per heavy atom. The van der Waals surface area contributed by atoms with E-state index in [1.54, 1.807) is 42.5 Å². The number of nitrogens with two attached hydrogens (primary N) is 1. The van der Waals surface area contributed by atoms with Crippen molar-refractivity contribution in [2.75, 3.05) is 12.3 Å². The van der Waals surface area contributed by atoms with E-state index < -0.39 is 5.43 Å². The fourth-order valence-corrected chi connectivity index (χ4v) is 3.50. The summed E-state index contributed by atoms with van der Waals surface area (Å²) in [6.45, 7) is 0.615. The maximum Gasteiger partial charge on any atom is 0.216 e. The number of carbonyl (C=O) groups is 1. The van der Waals surface area contributed by atoms with Gasteiger partial charge in [0.15, 0.2) is 5.78 Å². The molecule has 0 fully saturated rings. The Labute approximate surface area is 180 Å². The van der Waals surface area contributed by atoms with Crippen LogP contribution in [0, 0.1) is 0 Å². The average Bonchev–Trinajstić information content (AvgIpc) is 2.81. The van der Waals surface area contributed by atoms with E-state index in [4.69, 9.17) is 14.9 Å². The number of unbranched alkanes of at least 4 members (excludes halogenated alkanes) is 1. The molecule has 31 heavy (non-hydrogen) atoms. The van der Waals surface area contributed by atoms with Gasteiger partial charge in [-0.3, -0.25) is 9.59 Å². The molecule has 4 rings (SSSR count). The van der Waals surface area contributed by atoms with Crippen LogP contribution < -0.4 is 15.9 Å². The first-order valence-corrected chi connectivity index (χ1v) is 10.2. The lowest BCUT2D eigenvalue weighted by molar-refractivity contribution is 0.104. The third-order valence-corrected chi connectivity index (χ3v) is 5.16. The number of aryl methyl sites for hydroxylation is 1. The molecule has 0 saturated heterocycles. The molecular formula is C26H23NO4. The number of hydrogen-bond acceptors (Lipinski definition) is 5. The quantitative estimate of drug-likeness (QED) is 0.324. The Hall–Kier alpha value is -3.86. The van der Waals surface area contributed by atoms with Crippen molar-refractivity contribution in [1.29, 1.82) is 0 Å². The molecule has 3 aromatic carbocycles. The van der Waals surface area contributed by atoms with Gasteiger partial charge in [-0.15, -0.1) is 0 Å². The molecule has 2 N–H and O–H groups in total. The first-order valence-electron chi connectivity index (χ1n) is 10.2. The van der Waals surface area contributed by atoms with Gasteiger partial charge in [-0.2, -0.15) is 0 Å². The highest BCUT2D eigenvalue weighted by Gasteiger charge is 2.17. The van der Waals surface area contributed by atoms with E-state index in [1.165, 1.54) is 11.8 Å². The zero-order valence-electron chi connectivity index (χ0n) is 17.0. The topological polar surface area (TPSA) is 82.5 Å². The molecule has 0 aliphatic carbocycles. The van der Waals surface area contributed by atoms with Gasteiger partial charge in [-0.05, 0) is 55.2 Å². The van der Waals surface area contributed by atoms with E-state index >= 15 is 0 Å². The van der Waals surface area contributed by atoms with Crippen molar-refractivity contribution in [2.45, 2.75) is 19.3 Å². The number of ketones is 1. The Bertz CT molecular complexity index is 1240. The molecule has 1 heterocycles. The van der Waals surface area contributed by atoms with Crippen LogP contribution in [0.15, 0.2) is 88.3 Å². The second-order valence-electron chi connectivity index (χ2n) is 7.34. The summed E-state index contributed by atoms with van der Waals surface area (Å²) < 4.78 is 11.2. The largest absolute Gasteiger partial charge is 0.494 e. The Kier molecular flexibility index (Phi) is 6.13. The third-order valence-electron chi connectivity index (χ3n) is 5.16. The zero-order valence-corrected chi connectivity index (χ0v) is 17.0. The second kappa shape index (κ2) is 9.30. The van der Waals surface area contributed by atoms with Gasteiger partial charge in [0.2, 0.25) is 5.43 Å². The number of hydrogen-bond donors (Lipinski definition) is 1. The molecule has 1 aromatic heterocycles. The van der Waals surface area contributed by atoms with Gasteiger partial charge in [-0.1, -0.05) is 42.5 Å². The molecule has 5 nitrogen and oxygen atoms in total. The van der Waals surface area contributed by atoms with Crippen molar-refractivity contribution < 1.29 is 13.9 Å². The Morgan fingerprint density at radius 2 is 1.68 bits per heavy atom. The predicted octanol–water partition coefficient (Wildman–Crippen LogP) is 5.01. The van der Waals surface area contributed by atoms with Crippen molar-refractivity contribution in [3.63, 3.8) is 0 Å². The molecule has 0 atom stereocenters. The predicted molar refractivity (Wildman–Crippen MR) is 122 cm³/mol. The molecule has 0 radical (unpaired) electrons. The number of anilines is 1. The Balaban J connectivity index is 1.39. The fraction of sp³-hybridized carbons (Fsp3) is 0.154. The number of benzene rings is 3. The van der Waals surface area contributed by atoms with Crippen LogP contribution in [-0.2, 0) is 6.42 Å². The van der Waals surface area contributed by atoms with Gasteiger partial charge in [-0.25, -0.2) is 0 Å². The van der Waals surface area contributed by atoms with Crippen molar-refractivity contribution in [3.05, 3.63) is 106 Å². The van der Waals surface area contributed by atoms with Crippen molar-refractivity contribution in [1.82, 2.24) is 0 Å². The molecule has 0 amide bonds. The molecule has 4 aromatic rings. The summed E-state index contributed by atoms with van der Waals surface area (Å²) in [5, 5.41) is 0.200. The smallest absolute Gasteiger partial charge is 0.216 e. The average molecular weight is 413 g/mol. The number of rotatable bonds is 8. The molecule has 156 valence electrons. The highest BCUT2D eigenvalue weighted by atomic mass is 16.5. The summed E-state index contributed by atoms with van der Waals surface area (Å²) in [5.41, 5.74) is 7.65. The highest BCUT2D eigenvalue weighted by Crippen LogP contribution is 2.21. The summed E-state index contributed by atoms with van der Waals surface area (Å²) in [4.78, 5) is 25.5. The van der Waals surface area contributed by atoms with Crippen molar-refractivity contribution >= 4 is 22.4 Å². The fourth-order valence-electron chi connectivity index (χ4n) is 3.50. The minimum atomic E-state index is -0.402. The van der Waals surface area contributed by atoms with E-state index in [0.29, 0.717) is 23.5 Å². The van der Waals surface area contributed by atoms with E-state index in [9.17, 15) is 9.59 Å². The van der Waals surface area contributed by atoms with E-state index in [2.05, 4.69) is 24.3 Å². The number of fused-ring (bicyclic) bond motifs is 1. The highest BCUT2D eigenvalue weighted by molar-refractivity contribution is 6.16. The normalized spacial score (nSPS) is 10.8. The van der Waals surface area contributed by atoms with Crippen LogP contribution >= 0.6 is 0 Å². The van der Waals surface area contributed by atoms with Gasteiger partial charge >= 0.3 is 0 Å². The Morgan fingerprint density at radius 3 is 2.45 bits per heavy atom. The summed E-state index contributed by atoms with van der Waals surface area (Å²) >= 11 is 0. The van der Waals surface area contributed by atoms with Crippen LogP contribution in [0.5, 0.6) is 5.75 Å². The standard InChI is InChI=1S/C26H23NO4/c27-22-17-31-23-11-6-10-21(24(23)26(22)29)25(28)19-12-14-20(15-13-19)30-16-5-4-9-18-7-2-1-3-8-18/h1-3,6-8,10-15,17H,4-5,9,16,27H2. The molecule has 0 unspecified atom stereocenters. The summed E-state index contributed by atoms with van der Waals surface area (Å²) in [5.74, 6) is 0.441. The lowest BCUT2D eigenvalue weighted by Crippen LogP contribution is -2.12. The SMILES string of the molecule is Nc1coc2cccc(C(=O)c3ccc(OCCCCc4ccccc4)cc3)c2c1=O. The van der Waals surface area contributed by atoms with Gasteiger partial charge in [0.05, 0.1) is 12.0 Å². The van der Waals surface area contributed by atoms with Gasteiger partial charge in [0, 0.05) is 11.1 Å². The number of nitrogen functional groups attached to an aromatic ring is 1. The maximum absolute atomic E-state index is 13.0. The molecule has 0 saturated carbocycles. The molecule has 0 bridgehead atoms. The van der Waals surface area contributed by atoms with Crippen molar-refractivity contribution in [3.8, 4) is 5.75 Å². The first-order chi connectivity index (χ1) is 15.1. The van der Waals surface area contributed by atoms with Gasteiger partial charge < -0.3 is 14.9 Å². The minimum Gasteiger partial charge on any atom is -0.494 e. The second-order valence-corrected chi connectivity index (χ2v) is 7.34. The monoisotopic (exact) mass is 413 g/mol. The third kappa shape index (κ3) is 4.67. The lowest BCUT2D eigenvalue weighted by Gasteiger charge is -2.08. The van der Waals surface area contributed by atoms with Crippen LogP contribution in [0.1, 0.15) is 34.3 Å².